The normalized spacial score (nSPS) is 16.2. The summed E-state index contributed by atoms with van der Waals surface area (Å²) in [6.45, 7) is 1.40. The number of benzene rings is 2. The van der Waals surface area contributed by atoms with Gasteiger partial charge in [0, 0.05) is 36.3 Å². The van der Waals surface area contributed by atoms with Crippen LogP contribution in [0, 0.1) is 0 Å². The van der Waals surface area contributed by atoms with Gasteiger partial charge in [0.2, 0.25) is 5.91 Å². The lowest BCUT2D eigenvalue weighted by molar-refractivity contribution is -0.123. The van der Waals surface area contributed by atoms with Crippen molar-refractivity contribution < 1.29 is 24.1 Å². The molecule has 0 aromatic heterocycles. The summed E-state index contributed by atoms with van der Waals surface area (Å²) < 4.78 is 16.1. The summed E-state index contributed by atoms with van der Waals surface area (Å²) in [5.41, 5.74) is 2.49. The number of hydrogen-bond donors (Lipinski definition) is 2. The van der Waals surface area contributed by atoms with Gasteiger partial charge >= 0.3 is 0 Å². The number of carbonyl (C=O) groups excluding carboxylic acids is 1. The van der Waals surface area contributed by atoms with Crippen molar-refractivity contribution in [2.24, 2.45) is 0 Å². The Hall–Kier alpha value is -2.77. The first-order valence-electron chi connectivity index (χ1n) is 9.10. The SMILES string of the molecule is COc1ccccc1CNC(=O)CN1Cc2c(OC)ccc(OC)c2[C@@H](O)C1. The van der Waals surface area contributed by atoms with Gasteiger partial charge < -0.3 is 24.6 Å². The van der Waals surface area contributed by atoms with Gasteiger partial charge in [0.1, 0.15) is 17.2 Å². The molecule has 0 unspecified atom stereocenters. The standard InChI is InChI=1S/C21H26N2O5/c1-26-17-7-5-4-6-14(17)10-22-20(25)13-23-11-15-18(27-2)8-9-19(28-3)21(15)16(24)12-23/h4-9,16,24H,10-13H2,1-3H3,(H,22,25)/t16-/m0/s1. The quantitative estimate of drug-likeness (QED) is 0.756. The Morgan fingerprint density at radius 1 is 1.07 bits per heavy atom. The fourth-order valence-electron chi connectivity index (χ4n) is 3.57. The Bertz CT molecular complexity index is 840. The summed E-state index contributed by atoms with van der Waals surface area (Å²) in [5.74, 6) is 1.92. The molecule has 1 amide bonds. The van der Waals surface area contributed by atoms with Crippen LogP contribution in [-0.4, -0.2) is 50.3 Å². The summed E-state index contributed by atoms with van der Waals surface area (Å²) in [6.07, 6.45) is -0.754. The smallest absolute Gasteiger partial charge is 0.234 e. The number of aliphatic hydroxyl groups is 1. The van der Waals surface area contributed by atoms with Crippen molar-refractivity contribution in [3.63, 3.8) is 0 Å². The molecule has 7 heteroatoms. The first-order chi connectivity index (χ1) is 13.6. The molecule has 0 fully saturated rings. The topological polar surface area (TPSA) is 80.3 Å². The zero-order chi connectivity index (χ0) is 20.1. The average Bonchev–Trinajstić information content (AvgIpc) is 2.71. The zero-order valence-electron chi connectivity index (χ0n) is 16.4. The molecule has 3 rings (SSSR count). The Balaban J connectivity index is 1.67. The maximum Gasteiger partial charge on any atom is 0.234 e. The van der Waals surface area contributed by atoms with Crippen molar-refractivity contribution in [1.82, 2.24) is 10.2 Å². The summed E-state index contributed by atoms with van der Waals surface area (Å²) >= 11 is 0. The molecule has 0 radical (unpaired) electrons. The Labute approximate surface area is 164 Å². The summed E-state index contributed by atoms with van der Waals surface area (Å²) in [6, 6.07) is 11.2. The van der Waals surface area contributed by atoms with E-state index in [1.165, 1.54) is 0 Å². The van der Waals surface area contributed by atoms with Crippen LogP contribution in [0.15, 0.2) is 36.4 Å². The van der Waals surface area contributed by atoms with E-state index in [1.807, 2.05) is 35.2 Å². The third-order valence-electron chi connectivity index (χ3n) is 4.90. The van der Waals surface area contributed by atoms with Crippen LogP contribution < -0.4 is 19.5 Å². The Morgan fingerprint density at radius 2 is 1.75 bits per heavy atom. The molecule has 2 aromatic rings. The fourth-order valence-corrected chi connectivity index (χ4v) is 3.57. The van der Waals surface area contributed by atoms with Crippen molar-refractivity contribution in [3.8, 4) is 17.2 Å². The molecule has 28 heavy (non-hydrogen) atoms. The lowest BCUT2D eigenvalue weighted by atomic mass is 9.95. The van der Waals surface area contributed by atoms with Crippen molar-refractivity contribution in [3.05, 3.63) is 53.1 Å². The molecule has 0 saturated heterocycles. The van der Waals surface area contributed by atoms with Crippen molar-refractivity contribution in [1.29, 1.82) is 0 Å². The van der Waals surface area contributed by atoms with Gasteiger partial charge in [0.25, 0.3) is 0 Å². The van der Waals surface area contributed by atoms with Crippen LogP contribution in [0.4, 0.5) is 0 Å². The van der Waals surface area contributed by atoms with Gasteiger partial charge in [0.15, 0.2) is 0 Å². The number of aliphatic hydroxyl groups excluding tert-OH is 1. The van der Waals surface area contributed by atoms with Gasteiger partial charge in [-0.2, -0.15) is 0 Å². The number of hydrogen-bond acceptors (Lipinski definition) is 6. The monoisotopic (exact) mass is 386 g/mol. The van der Waals surface area contributed by atoms with Crippen molar-refractivity contribution >= 4 is 5.91 Å². The van der Waals surface area contributed by atoms with Crippen LogP contribution in [0.25, 0.3) is 0 Å². The molecule has 150 valence electrons. The predicted octanol–water partition coefficient (Wildman–Crippen LogP) is 1.88. The number of nitrogens with zero attached hydrogens (tertiary/aromatic N) is 1. The van der Waals surface area contributed by atoms with Crippen molar-refractivity contribution in [2.75, 3.05) is 34.4 Å². The van der Waals surface area contributed by atoms with Gasteiger partial charge in [-0.15, -0.1) is 0 Å². The highest BCUT2D eigenvalue weighted by atomic mass is 16.5. The second-order valence-electron chi connectivity index (χ2n) is 6.64. The molecule has 0 aliphatic carbocycles. The highest BCUT2D eigenvalue weighted by Gasteiger charge is 2.30. The molecule has 1 atom stereocenters. The molecule has 1 aliphatic heterocycles. The van der Waals surface area contributed by atoms with Crippen LogP contribution in [0.1, 0.15) is 22.8 Å². The lowest BCUT2D eigenvalue weighted by Crippen LogP contribution is -2.41. The minimum Gasteiger partial charge on any atom is -0.496 e. The number of fused-ring (bicyclic) bond motifs is 1. The zero-order valence-corrected chi connectivity index (χ0v) is 16.4. The van der Waals surface area contributed by atoms with Crippen LogP contribution in [0.3, 0.4) is 0 Å². The largest absolute Gasteiger partial charge is 0.496 e. The third-order valence-corrected chi connectivity index (χ3v) is 4.90. The second-order valence-corrected chi connectivity index (χ2v) is 6.64. The number of carbonyl (C=O) groups is 1. The minimum atomic E-state index is -0.754. The molecule has 1 aliphatic rings. The van der Waals surface area contributed by atoms with Gasteiger partial charge in [-0.25, -0.2) is 0 Å². The van der Waals surface area contributed by atoms with Crippen molar-refractivity contribution in [2.45, 2.75) is 19.2 Å². The number of ether oxygens (including phenoxy) is 3. The van der Waals surface area contributed by atoms with Crippen LogP contribution >= 0.6 is 0 Å². The molecular formula is C21H26N2O5. The number of methoxy groups -OCH3 is 3. The van der Waals surface area contributed by atoms with Crippen LogP contribution in [-0.2, 0) is 17.9 Å². The van der Waals surface area contributed by atoms with E-state index >= 15 is 0 Å². The van der Waals surface area contributed by atoms with Crippen LogP contribution in [0.5, 0.6) is 17.2 Å². The number of rotatable bonds is 7. The van der Waals surface area contributed by atoms with E-state index in [1.54, 1.807) is 27.4 Å². The maximum absolute atomic E-state index is 12.4. The van der Waals surface area contributed by atoms with E-state index in [2.05, 4.69) is 5.32 Å². The minimum absolute atomic E-state index is 0.122. The average molecular weight is 386 g/mol. The van der Waals surface area contributed by atoms with E-state index in [-0.39, 0.29) is 12.5 Å². The van der Waals surface area contributed by atoms with Gasteiger partial charge in [-0.05, 0) is 18.2 Å². The van der Waals surface area contributed by atoms with E-state index in [4.69, 9.17) is 14.2 Å². The molecule has 1 heterocycles. The first kappa shape index (κ1) is 20.0. The molecule has 0 spiro atoms. The predicted molar refractivity (Wildman–Crippen MR) is 105 cm³/mol. The second kappa shape index (κ2) is 8.95. The molecular weight excluding hydrogens is 360 g/mol. The van der Waals surface area contributed by atoms with E-state index in [0.29, 0.717) is 31.1 Å². The summed E-state index contributed by atoms with van der Waals surface area (Å²) in [5, 5.41) is 13.5. The van der Waals surface area contributed by atoms with E-state index in [9.17, 15) is 9.90 Å². The molecule has 7 nitrogen and oxygen atoms in total. The lowest BCUT2D eigenvalue weighted by Gasteiger charge is -2.33. The van der Waals surface area contributed by atoms with E-state index in [0.717, 1.165) is 22.4 Å². The Kier molecular flexibility index (Phi) is 6.38. The highest BCUT2D eigenvalue weighted by Crippen LogP contribution is 2.39. The third kappa shape index (κ3) is 4.21. The van der Waals surface area contributed by atoms with Gasteiger partial charge in [0.05, 0.1) is 34.0 Å². The van der Waals surface area contributed by atoms with E-state index < -0.39 is 6.10 Å². The first-order valence-corrected chi connectivity index (χ1v) is 9.10. The number of nitrogens with one attached hydrogen (secondary N) is 1. The molecule has 2 N–H and O–H groups in total. The Morgan fingerprint density at radius 3 is 2.46 bits per heavy atom. The number of β-amino-alcohol motifs (C(OH)–C–C–N with tert-alkyl or cyclic N) is 1. The van der Waals surface area contributed by atoms with Gasteiger partial charge in [-0.3, -0.25) is 9.69 Å². The van der Waals surface area contributed by atoms with Gasteiger partial charge in [-0.1, -0.05) is 18.2 Å². The maximum atomic E-state index is 12.4. The molecule has 0 bridgehead atoms. The summed E-state index contributed by atoms with van der Waals surface area (Å²) in [4.78, 5) is 14.3. The fraction of sp³-hybridized carbons (Fsp3) is 0.381. The molecule has 0 saturated carbocycles. The highest BCUT2D eigenvalue weighted by molar-refractivity contribution is 5.78. The van der Waals surface area contributed by atoms with Crippen LogP contribution in [0.2, 0.25) is 0 Å². The number of amides is 1. The summed E-state index contributed by atoms with van der Waals surface area (Å²) in [7, 11) is 4.77. The number of para-hydroxylation sites is 1. The molecule has 2 aromatic carbocycles.